The molecule has 0 spiro atoms. The van der Waals surface area contributed by atoms with Gasteiger partial charge in [-0.05, 0) is 55.9 Å². The Morgan fingerprint density at radius 3 is 2.90 bits per heavy atom. The zero-order chi connectivity index (χ0) is 14.5. The topological polar surface area (TPSA) is 61.5 Å². The molecule has 20 heavy (non-hydrogen) atoms. The maximum Gasteiger partial charge on any atom is 0.343 e. The van der Waals surface area contributed by atoms with Crippen LogP contribution in [0.5, 0.6) is 5.75 Å². The standard InChI is InChI=1S/C16H21NO3/c1-3-19-16(18)15-9-13(20-10-11(2)17)8-12-6-4-5-7-14(12)15/h3,8-9,11H,1,4-7,10,17H2,2H3/t11-/m0/s1. The van der Waals surface area contributed by atoms with Crippen LogP contribution in [-0.4, -0.2) is 18.6 Å². The van der Waals surface area contributed by atoms with E-state index in [9.17, 15) is 4.79 Å². The minimum Gasteiger partial charge on any atom is -0.492 e. The van der Waals surface area contributed by atoms with Crippen molar-refractivity contribution in [1.29, 1.82) is 0 Å². The normalized spacial score (nSPS) is 15.1. The van der Waals surface area contributed by atoms with Crippen LogP contribution in [0.3, 0.4) is 0 Å². The lowest BCUT2D eigenvalue weighted by molar-refractivity contribution is 0.0662. The van der Waals surface area contributed by atoms with Gasteiger partial charge >= 0.3 is 5.97 Å². The monoisotopic (exact) mass is 275 g/mol. The van der Waals surface area contributed by atoms with Crippen LogP contribution < -0.4 is 10.5 Å². The molecule has 2 N–H and O–H groups in total. The van der Waals surface area contributed by atoms with Crippen molar-refractivity contribution in [2.24, 2.45) is 5.73 Å². The Balaban J connectivity index is 2.33. The molecule has 108 valence electrons. The fourth-order valence-corrected chi connectivity index (χ4v) is 2.47. The number of carbonyl (C=O) groups is 1. The van der Waals surface area contributed by atoms with Crippen molar-refractivity contribution in [2.45, 2.75) is 38.6 Å². The minimum atomic E-state index is -0.371. The van der Waals surface area contributed by atoms with Crippen LogP contribution >= 0.6 is 0 Å². The minimum absolute atomic E-state index is 0.0467. The van der Waals surface area contributed by atoms with E-state index in [4.69, 9.17) is 15.2 Å². The van der Waals surface area contributed by atoms with Gasteiger partial charge in [0.1, 0.15) is 12.4 Å². The largest absolute Gasteiger partial charge is 0.492 e. The number of hydrogen-bond acceptors (Lipinski definition) is 4. The number of hydrogen-bond donors (Lipinski definition) is 1. The molecule has 4 heteroatoms. The number of esters is 1. The van der Waals surface area contributed by atoms with E-state index in [0.29, 0.717) is 17.9 Å². The summed E-state index contributed by atoms with van der Waals surface area (Å²) in [7, 11) is 0. The third kappa shape index (κ3) is 3.39. The van der Waals surface area contributed by atoms with E-state index < -0.39 is 0 Å². The van der Waals surface area contributed by atoms with Crippen molar-refractivity contribution < 1.29 is 14.3 Å². The number of ether oxygens (including phenoxy) is 2. The van der Waals surface area contributed by atoms with Gasteiger partial charge in [0.05, 0.1) is 11.8 Å². The summed E-state index contributed by atoms with van der Waals surface area (Å²) >= 11 is 0. The van der Waals surface area contributed by atoms with Crippen LogP contribution in [0.2, 0.25) is 0 Å². The highest BCUT2D eigenvalue weighted by atomic mass is 16.5. The Morgan fingerprint density at radius 1 is 1.45 bits per heavy atom. The van der Waals surface area contributed by atoms with Crippen molar-refractivity contribution in [2.75, 3.05) is 6.61 Å². The summed E-state index contributed by atoms with van der Waals surface area (Å²) < 4.78 is 10.6. The van der Waals surface area contributed by atoms with Gasteiger partial charge in [-0.2, -0.15) is 0 Å². The Morgan fingerprint density at radius 2 is 2.20 bits per heavy atom. The van der Waals surface area contributed by atoms with Gasteiger partial charge in [0.2, 0.25) is 0 Å². The van der Waals surface area contributed by atoms with Gasteiger partial charge in [-0.25, -0.2) is 4.79 Å². The van der Waals surface area contributed by atoms with Crippen LogP contribution in [0.1, 0.15) is 41.3 Å². The third-order valence-corrected chi connectivity index (χ3v) is 3.36. The number of fused-ring (bicyclic) bond motifs is 1. The van der Waals surface area contributed by atoms with Crippen molar-refractivity contribution >= 4 is 5.97 Å². The van der Waals surface area contributed by atoms with Gasteiger partial charge in [0.15, 0.2) is 0 Å². The second-order valence-electron chi connectivity index (χ2n) is 5.18. The molecule has 0 fully saturated rings. The molecule has 1 aliphatic carbocycles. The molecule has 0 aliphatic heterocycles. The average molecular weight is 275 g/mol. The van der Waals surface area contributed by atoms with Crippen LogP contribution in [-0.2, 0) is 17.6 Å². The molecular formula is C16H21NO3. The molecule has 1 aromatic rings. The van der Waals surface area contributed by atoms with Crippen LogP contribution in [0, 0.1) is 0 Å². The molecule has 4 nitrogen and oxygen atoms in total. The van der Waals surface area contributed by atoms with Crippen molar-refractivity contribution in [3.8, 4) is 5.75 Å². The first-order valence-corrected chi connectivity index (χ1v) is 6.98. The second kappa shape index (κ2) is 6.57. The van der Waals surface area contributed by atoms with Crippen LogP contribution in [0.4, 0.5) is 0 Å². The number of rotatable bonds is 5. The Labute approximate surface area is 119 Å². The van der Waals surface area contributed by atoms with Gasteiger partial charge in [0, 0.05) is 6.04 Å². The first-order chi connectivity index (χ1) is 9.61. The summed E-state index contributed by atoms with van der Waals surface area (Å²) in [5.74, 6) is 0.309. The van der Waals surface area contributed by atoms with Gasteiger partial charge in [0.25, 0.3) is 0 Å². The van der Waals surface area contributed by atoms with E-state index in [1.165, 1.54) is 5.56 Å². The molecule has 0 radical (unpaired) electrons. The summed E-state index contributed by atoms with van der Waals surface area (Å²) in [6, 6.07) is 3.72. The maximum atomic E-state index is 12.0. The van der Waals surface area contributed by atoms with E-state index in [0.717, 1.165) is 37.5 Å². The molecule has 2 rings (SSSR count). The number of aryl methyl sites for hydroxylation is 1. The van der Waals surface area contributed by atoms with E-state index in [2.05, 4.69) is 6.58 Å². The zero-order valence-electron chi connectivity index (χ0n) is 11.9. The molecule has 0 saturated carbocycles. The van der Waals surface area contributed by atoms with Crippen molar-refractivity contribution in [3.63, 3.8) is 0 Å². The summed E-state index contributed by atoms with van der Waals surface area (Å²) in [6.07, 6.45) is 5.28. The fraction of sp³-hybridized carbons (Fsp3) is 0.438. The third-order valence-electron chi connectivity index (χ3n) is 3.36. The van der Waals surface area contributed by atoms with E-state index in [-0.39, 0.29) is 12.0 Å². The van der Waals surface area contributed by atoms with Gasteiger partial charge < -0.3 is 15.2 Å². The lowest BCUT2D eigenvalue weighted by Crippen LogP contribution is -2.24. The molecule has 0 aromatic heterocycles. The lowest BCUT2D eigenvalue weighted by Gasteiger charge is -2.20. The summed E-state index contributed by atoms with van der Waals surface area (Å²) in [5, 5.41) is 0. The fourth-order valence-electron chi connectivity index (χ4n) is 2.47. The highest BCUT2D eigenvalue weighted by Crippen LogP contribution is 2.30. The average Bonchev–Trinajstić information content (AvgIpc) is 2.44. The predicted octanol–water partition coefficient (Wildman–Crippen LogP) is 2.59. The van der Waals surface area contributed by atoms with Crippen molar-refractivity contribution in [3.05, 3.63) is 41.7 Å². The number of nitrogens with two attached hydrogens (primary N) is 1. The van der Waals surface area contributed by atoms with E-state index >= 15 is 0 Å². The van der Waals surface area contributed by atoms with E-state index in [1.807, 2.05) is 13.0 Å². The number of benzene rings is 1. The highest BCUT2D eigenvalue weighted by molar-refractivity contribution is 5.92. The molecule has 1 aliphatic rings. The molecule has 0 amide bonds. The Hall–Kier alpha value is -1.81. The molecular weight excluding hydrogens is 254 g/mol. The lowest BCUT2D eigenvalue weighted by atomic mass is 9.88. The maximum absolute atomic E-state index is 12.0. The number of carbonyl (C=O) groups excluding carboxylic acids is 1. The first kappa shape index (κ1) is 14.6. The molecule has 0 heterocycles. The highest BCUT2D eigenvalue weighted by Gasteiger charge is 2.20. The van der Waals surface area contributed by atoms with Gasteiger partial charge in [-0.3, -0.25) is 0 Å². The Bertz CT molecular complexity index is 509. The summed E-state index contributed by atoms with van der Waals surface area (Å²) in [6.45, 7) is 5.73. The van der Waals surface area contributed by atoms with Gasteiger partial charge in [-0.15, -0.1) is 0 Å². The van der Waals surface area contributed by atoms with Crippen LogP contribution in [0.15, 0.2) is 25.0 Å². The summed E-state index contributed by atoms with van der Waals surface area (Å²) in [4.78, 5) is 12.0. The molecule has 1 atom stereocenters. The van der Waals surface area contributed by atoms with E-state index in [1.54, 1.807) is 6.07 Å². The molecule has 0 bridgehead atoms. The van der Waals surface area contributed by atoms with Crippen molar-refractivity contribution in [1.82, 2.24) is 0 Å². The van der Waals surface area contributed by atoms with Crippen LogP contribution in [0.25, 0.3) is 0 Å². The summed E-state index contributed by atoms with van der Waals surface area (Å²) in [5.41, 5.74) is 8.53. The molecule has 0 unspecified atom stereocenters. The first-order valence-electron chi connectivity index (χ1n) is 6.98. The molecule has 0 saturated heterocycles. The smallest absolute Gasteiger partial charge is 0.343 e. The second-order valence-corrected chi connectivity index (χ2v) is 5.18. The quantitative estimate of drug-likeness (QED) is 0.662. The Kier molecular flexibility index (Phi) is 4.79. The predicted molar refractivity (Wildman–Crippen MR) is 77.8 cm³/mol. The van der Waals surface area contributed by atoms with Gasteiger partial charge in [-0.1, -0.05) is 6.58 Å². The molecule has 1 aromatic carbocycles. The zero-order valence-corrected chi connectivity index (χ0v) is 11.9. The SMILES string of the molecule is C=COC(=O)c1cc(OC[C@H](C)N)cc2c1CCCC2.